The van der Waals surface area contributed by atoms with E-state index < -0.39 is 0 Å². The first-order valence-corrected chi connectivity index (χ1v) is 8.52. The molecule has 2 heterocycles. The highest BCUT2D eigenvalue weighted by atomic mass is 32.1. The highest BCUT2D eigenvalue weighted by Gasteiger charge is 2.08. The smallest absolute Gasteiger partial charge is 0.206 e. The highest BCUT2D eigenvalue weighted by Crippen LogP contribution is 2.20. The Bertz CT molecular complexity index is 916. The van der Waals surface area contributed by atoms with Gasteiger partial charge in [0.25, 0.3) is 0 Å². The summed E-state index contributed by atoms with van der Waals surface area (Å²) in [5.41, 5.74) is 1.74. The lowest BCUT2D eigenvalue weighted by Crippen LogP contribution is -2.14. The predicted octanol–water partition coefficient (Wildman–Crippen LogP) is 4.45. The number of furan rings is 1. The van der Waals surface area contributed by atoms with Gasteiger partial charge in [-0.3, -0.25) is 4.99 Å². The molecule has 1 aromatic carbocycles. The van der Waals surface area contributed by atoms with Crippen LogP contribution in [0.3, 0.4) is 0 Å². The zero-order chi connectivity index (χ0) is 17.1. The van der Waals surface area contributed by atoms with Crippen LogP contribution in [0, 0.1) is 12.7 Å². The SMILES string of the molecule is Cc1ccc(C=Nn2c(-c3ccc(F)cc3)csc2=NC(C)C)o1. The molecule has 0 aliphatic rings. The van der Waals surface area contributed by atoms with Crippen molar-refractivity contribution in [1.29, 1.82) is 0 Å². The molecule has 0 amide bonds. The molecule has 0 saturated carbocycles. The molecule has 3 rings (SSSR count). The summed E-state index contributed by atoms with van der Waals surface area (Å²) >= 11 is 1.50. The third kappa shape index (κ3) is 3.71. The molecule has 0 saturated heterocycles. The summed E-state index contributed by atoms with van der Waals surface area (Å²) in [7, 11) is 0. The van der Waals surface area contributed by atoms with E-state index in [0.717, 1.165) is 21.8 Å². The number of aryl methyl sites for hydroxylation is 1. The summed E-state index contributed by atoms with van der Waals surface area (Å²) in [5.74, 6) is 1.24. The summed E-state index contributed by atoms with van der Waals surface area (Å²) in [5, 5.41) is 6.49. The number of hydrogen-bond donors (Lipinski definition) is 0. The maximum Gasteiger partial charge on any atom is 0.206 e. The Hall–Kier alpha value is -2.47. The monoisotopic (exact) mass is 343 g/mol. The first-order chi connectivity index (χ1) is 11.5. The molecular formula is C18H18FN3OS. The van der Waals surface area contributed by atoms with Gasteiger partial charge in [-0.15, -0.1) is 11.3 Å². The van der Waals surface area contributed by atoms with E-state index in [-0.39, 0.29) is 11.9 Å². The first-order valence-electron chi connectivity index (χ1n) is 7.64. The fourth-order valence-electron chi connectivity index (χ4n) is 2.18. The van der Waals surface area contributed by atoms with Crippen molar-refractivity contribution in [3.05, 3.63) is 63.9 Å². The summed E-state index contributed by atoms with van der Waals surface area (Å²) in [6.45, 7) is 5.92. The Morgan fingerprint density at radius 1 is 1.17 bits per heavy atom. The number of rotatable bonds is 4. The number of benzene rings is 1. The third-order valence-corrected chi connectivity index (χ3v) is 4.09. The number of aromatic nitrogens is 1. The van der Waals surface area contributed by atoms with Crippen molar-refractivity contribution in [2.24, 2.45) is 10.1 Å². The molecule has 0 radical (unpaired) electrons. The van der Waals surface area contributed by atoms with Crippen molar-refractivity contribution < 1.29 is 8.81 Å². The third-order valence-electron chi connectivity index (χ3n) is 3.26. The Labute approximate surface area is 143 Å². The molecule has 0 aliphatic heterocycles. The second-order valence-electron chi connectivity index (χ2n) is 5.64. The lowest BCUT2D eigenvalue weighted by Gasteiger charge is -2.03. The number of halogens is 1. The Morgan fingerprint density at radius 3 is 2.54 bits per heavy atom. The van der Waals surface area contributed by atoms with Gasteiger partial charge in [0.05, 0.1) is 11.9 Å². The van der Waals surface area contributed by atoms with Crippen LogP contribution in [0.4, 0.5) is 4.39 Å². The van der Waals surface area contributed by atoms with Crippen LogP contribution in [0.15, 0.2) is 56.3 Å². The molecule has 6 heteroatoms. The van der Waals surface area contributed by atoms with E-state index in [9.17, 15) is 4.39 Å². The van der Waals surface area contributed by atoms with E-state index in [1.165, 1.54) is 23.5 Å². The van der Waals surface area contributed by atoms with Crippen molar-refractivity contribution >= 4 is 17.6 Å². The summed E-state index contributed by atoms with van der Waals surface area (Å²) in [6.07, 6.45) is 1.66. The molecular weight excluding hydrogens is 325 g/mol. The molecule has 24 heavy (non-hydrogen) atoms. The van der Waals surface area contributed by atoms with Crippen molar-refractivity contribution in [3.63, 3.8) is 0 Å². The fourth-order valence-corrected chi connectivity index (χ4v) is 3.15. The summed E-state index contributed by atoms with van der Waals surface area (Å²) in [4.78, 5) is 5.38. The van der Waals surface area contributed by atoms with Crippen LogP contribution in [0.25, 0.3) is 11.3 Å². The summed E-state index contributed by atoms with van der Waals surface area (Å²) in [6, 6.07) is 10.3. The molecule has 0 atom stereocenters. The molecule has 0 spiro atoms. The number of nitrogens with zero attached hydrogens (tertiary/aromatic N) is 3. The van der Waals surface area contributed by atoms with Gasteiger partial charge in [0, 0.05) is 17.0 Å². The van der Waals surface area contributed by atoms with Crippen LogP contribution in [0.2, 0.25) is 0 Å². The molecule has 3 aromatic rings. The zero-order valence-corrected chi connectivity index (χ0v) is 14.5. The van der Waals surface area contributed by atoms with Crippen LogP contribution in [0.1, 0.15) is 25.4 Å². The lowest BCUT2D eigenvalue weighted by molar-refractivity contribution is 0.527. The van der Waals surface area contributed by atoms with Crippen molar-refractivity contribution in [2.45, 2.75) is 26.8 Å². The van der Waals surface area contributed by atoms with E-state index >= 15 is 0 Å². The van der Waals surface area contributed by atoms with Gasteiger partial charge in [0.2, 0.25) is 4.80 Å². The van der Waals surface area contributed by atoms with Crippen LogP contribution in [-0.4, -0.2) is 16.9 Å². The minimum atomic E-state index is -0.262. The van der Waals surface area contributed by atoms with Crippen molar-refractivity contribution in [2.75, 3.05) is 0 Å². The highest BCUT2D eigenvalue weighted by molar-refractivity contribution is 7.07. The minimum Gasteiger partial charge on any atom is -0.460 e. The second-order valence-corrected chi connectivity index (χ2v) is 6.47. The van der Waals surface area contributed by atoms with E-state index in [2.05, 4.69) is 10.1 Å². The van der Waals surface area contributed by atoms with Crippen LogP contribution in [-0.2, 0) is 0 Å². The Morgan fingerprint density at radius 2 is 1.92 bits per heavy atom. The van der Waals surface area contributed by atoms with Gasteiger partial charge >= 0.3 is 0 Å². The number of hydrogen-bond acceptors (Lipinski definition) is 4. The zero-order valence-electron chi connectivity index (χ0n) is 13.7. The van der Waals surface area contributed by atoms with Gasteiger partial charge in [0.1, 0.15) is 17.3 Å². The summed E-state index contributed by atoms with van der Waals surface area (Å²) < 4.78 is 20.5. The molecule has 0 bridgehead atoms. The molecule has 0 unspecified atom stereocenters. The van der Waals surface area contributed by atoms with Crippen molar-refractivity contribution in [3.8, 4) is 11.3 Å². The normalized spacial score (nSPS) is 12.6. The maximum atomic E-state index is 13.2. The molecule has 2 aromatic heterocycles. The Kier molecular flexibility index (Phi) is 4.76. The molecule has 0 aliphatic carbocycles. The van der Waals surface area contributed by atoms with E-state index in [1.54, 1.807) is 23.0 Å². The standard InChI is InChI=1S/C18H18FN3OS/c1-12(2)21-18-22(20-10-16-9-4-13(3)23-16)17(11-24-18)14-5-7-15(19)8-6-14/h4-12H,1-3H3. The average molecular weight is 343 g/mol. The van der Waals surface area contributed by atoms with Crippen LogP contribution < -0.4 is 4.80 Å². The molecule has 0 fully saturated rings. The van der Waals surface area contributed by atoms with Gasteiger partial charge in [0.15, 0.2) is 0 Å². The predicted molar refractivity (Wildman–Crippen MR) is 94.8 cm³/mol. The maximum absolute atomic E-state index is 13.2. The quantitative estimate of drug-likeness (QED) is 0.645. The minimum absolute atomic E-state index is 0.150. The number of thiazole rings is 1. The van der Waals surface area contributed by atoms with Crippen molar-refractivity contribution in [1.82, 2.24) is 4.68 Å². The molecule has 124 valence electrons. The second kappa shape index (κ2) is 6.97. The lowest BCUT2D eigenvalue weighted by atomic mass is 10.2. The Balaban J connectivity index is 2.08. The largest absolute Gasteiger partial charge is 0.460 e. The molecule has 0 N–H and O–H groups in total. The van der Waals surface area contributed by atoms with Gasteiger partial charge in [-0.1, -0.05) is 0 Å². The van der Waals surface area contributed by atoms with Crippen LogP contribution >= 0.6 is 11.3 Å². The van der Waals surface area contributed by atoms with Gasteiger partial charge in [-0.25, -0.2) is 9.07 Å². The van der Waals surface area contributed by atoms with E-state index in [1.807, 2.05) is 38.3 Å². The van der Waals surface area contributed by atoms with E-state index in [0.29, 0.717) is 5.76 Å². The topological polar surface area (TPSA) is 42.8 Å². The molecule has 4 nitrogen and oxygen atoms in total. The van der Waals surface area contributed by atoms with Gasteiger partial charge in [-0.2, -0.15) is 5.10 Å². The van der Waals surface area contributed by atoms with Gasteiger partial charge in [-0.05, 0) is 57.2 Å². The van der Waals surface area contributed by atoms with Gasteiger partial charge < -0.3 is 4.42 Å². The average Bonchev–Trinajstić information content (AvgIpc) is 3.12. The first kappa shape index (κ1) is 16.4. The van der Waals surface area contributed by atoms with E-state index in [4.69, 9.17) is 4.42 Å². The fraction of sp³-hybridized carbons (Fsp3) is 0.222. The van der Waals surface area contributed by atoms with Crippen LogP contribution in [0.5, 0.6) is 0 Å².